The van der Waals surface area contributed by atoms with Gasteiger partial charge < -0.3 is 9.84 Å². The molecule has 0 saturated heterocycles. The molecule has 0 bridgehead atoms. The molecule has 1 aromatic heterocycles. The number of amides is 1. The number of rotatable bonds is 3. The Morgan fingerprint density at radius 2 is 2.67 bits per heavy atom. The van der Waals surface area contributed by atoms with E-state index in [2.05, 4.69) is 17.1 Å². The van der Waals surface area contributed by atoms with E-state index < -0.39 is 0 Å². The fraction of sp³-hybridized carbons (Fsp3) is 0.250. The first-order valence-electron chi connectivity index (χ1n) is 3.56. The summed E-state index contributed by atoms with van der Waals surface area (Å²) in [4.78, 5) is 11.2. The zero-order valence-electron chi connectivity index (χ0n) is 6.83. The van der Waals surface area contributed by atoms with Crippen LogP contribution in [0.15, 0.2) is 23.4 Å². The summed E-state index contributed by atoms with van der Waals surface area (Å²) in [6.07, 6.45) is 3.10. The molecule has 0 saturated carbocycles. The van der Waals surface area contributed by atoms with Crippen molar-refractivity contribution in [1.82, 2.24) is 10.5 Å². The molecule has 4 nitrogen and oxygen atoms in total. The van der Waals surface area contributed by atoms with E-state index in [1.165, 1.54) is 6.20 Å². The van der Waals surface area contributed by atoms with Gasteiger partial charge in [0.05, 0.1) is 6.20 Å². The third kappa shape index (κ3) is 1.72. The molecule has 1 amide bonds. The van der Waals surface area contributed by atoms with Gasteiger partial charge in [0.25, 0.3) is 5.91 Å². The Morgan fingerprint density at radius 1 is 1.92 bits per heavy atom. The van der Waals surface area contributed by atoms with Gasteiger partial charge in [-0.15, -0.1) is 6.58 Å². The predicted molar refractivity (Wildman–Crippen MR) is 43.8 cm³/mol. The van der Waals surface area contributed by atoms with E-state index in [0.717, 1.165) is 5.56 Å². The molecular formula is C8H10N2O2. The summed E-state index contributed by atoms with van der Waals surface area (Å²) in [5.74, 6) is 0.00162. The van der Waals surface area contributed by atoms with Crippen molar-refractivity contribution >= 4 is 5.91 Å². The van der Waals surface area contributed by atoms with Crippen LogP contribution in [0.4, 0.5) is 0 Å². The third-order valence-corrected chi connectivity index (χ3v) is 1.36. The van der Waals surface area contributed by atoms with Crippen molar-refractivity contribution < 1.29 is 9.32 Å². The van der Waals surface area contributed by atoms with Crippen molar-refractivity contribution in [3.05, 3.63) is 30.2 Å². The van der Waals surface area contributed by atoms with E-state index in [1.54, 1.807) is 13.0 Å². The van der Waals surface area contributed by atoms with Gasteiger partial charge in [-0.3, -0.25) is 4.79 Å². The van der Waals surface area contributed by atoms with Crippen LogP contribution in [0.1, 0.15) is 16.1 Å². The smallest absolute Gasteiger partial charge is 0.290 e. The standard InChI is InChI=1S/C8H10N2O2/c1-3-4-9-8(11)7-6(2)5-10-12-7/h3,5H,1,4H2,2H3,(H,9,11). The molecule has 0 unspecified atom stereocenters. The Labute approximate surface area is 70.2 Å². The second kappa shape index (κ2) is 3.71. The van der Waals surface area contributed by atoms with Crippen LogP contribution in [0.5, 0.6) is 0 Å². The lowest BCUT2D eigenvalue weighted by molar-refractivity contribution is 0.0920. The predicted octanol–water partition coefficient (Wildman–Crippen LogP) is 0.899. The molecule has 1 N–H and O–H groups in total. The molecule has 0 aliphatic carbocycles. The minimum absolute atomic E-state index is 0.259. The van der Waals surface area contributed by atoms with Crippen LogP contribution in [0, 0.1) is 6.92 Å². The van der Waals surface area contributed by atoms with Crippen LogP contribution in [-0.4, -0.2) is 17.6 Å². The first kappa shape index (κ1) is 8.52. The lowest BCUT2D eigenvalue weighted by atomic mass is 10.3. The highest BCUT2D eigenvalue weighted by Gasteiger charge is 2.11. The topological polar surface area (TPSA) is 55.1 Å². The molecule has 1 aromatic rings. The molecule has 0 spiro atoms. The van der Waals surface area contributed by atoms with E-state index in [-0.39, 0.29) is 11.7 Å². The molecule has 4 heteroatoms. The summed E-state index contributed by atoms with van der Waals surface area (Å²) in [5, 5.41) is 6.07. The largest absolute Gasteiger partial charge is 0.351 e. The van der Waals surface area contributed by atoms with Gasteiger partial charge in [0.2, 0.25) is 5.76 Å². The molecular weight excluding hydrogens is 156 g/mol. The monoisotopic (exact) mass is 166 g/mol. The summed E-state index contributed by atoms with van der Waals surface area (Å²) >= 11 is 0. The molecule has 0 aliphatic heterocycles. The summed E-state index contributed by atoms with van der Waals surface area (Å²) in [5.41, 5.74) is 0.733. The highest BCUT2D eigenvalue weighted by atomic mass is 16.5. The second-order valence-electron chi connectivity index (χ2n) is 2.34. The van der Waals surface area contributed by atoms with Crippen molar-refractivity contribution in [2.75, 3.05) is 6.54 Å². The molecule has 0 aliphatic rings. The molecule has 1 rings (SSSR count). The first-order chi connectivity index (χ1) is 5.75. The molecule has 12 heavy (non-hydrogen) atoms. The second-order valence-corrected chi connectivity index (χ2v) is 2.34. The zero-order valence-corrected chi connectivity index (χ0v) is 6.83. The Bertz CT molecular complexity index is 291. The number of hydrogen-bond acceptors (Lipinski definition) is 3. The Kier molecular flexibility index (Phi) is 2.63. The van der Waals surface area contributed by atoms with Crippen LogP contribution >= 0.6 is 0 Å². The van der Waals surface area contributed by atoms with Crippen LogP contribution in [0.25, 0.3) is 0 Å². The molecule has 0 atom stereocenters. The van der Waals surface area contributed by atoms with Gasteiger partial charge in [-0.25, -0.2) is 0 Å². The van der Waals surface area contributed by atoms with Crippen molar-refractivity contribution in [3.63, 3.8) is 0 Å². The molecule has 1 heterocycles. The lowest BCUT2D eigenvalue weighted by Gasteiger charge is -1.97. The number of nitrogens with zero attached hydrogens (tertiary/aromatic N) is 1. The quantitative estimate of drug-likeness (QED) is 0.678. The van der Waals surface area contributed by atoms with Gasteiger partial charge in [0.15, 0.2) is 0 Å². The summed E-state index contributed by atoms with van der Waals surface area (Å²) in [6, 6.07) is 0. The highest BCUT2D eigenvalue weighted by molar-refractivity contribution is 5.92. The Morgan fingerprint density at radius 3 is 3.17 bits per heavy atom. The number of aryl methyl sites for hydroxylation is 1. The zero-order chi connectivity index (χ0) is 8.97. The van der Waals surface area contributed by atoms with Gasteiger partial charge in [-0.05, 0) is 6.92 Å². The number of nitrogens with one attached hydrogen (secondary N) is 1. The summed E-state index contributed by atoms with van der Waals surface area (Å²) in [7, 11) is 0. The van der Waals surface area contributed by atoms with Gasteiger partial charge in [-0.2, -0.15) is 0 Å². The third-order valence-electron chi connectivity index (χ3n) is 1.36. The SMILES string of the molecule is C=CCNC(=O)c1oncc1C. The fourth-order valence-corrected chi connectivity index (χ4v) is 0.754. The first-order valence-corrected chi connectivity index (χ1v) is 3.56. The van der Waals surface area contributed by atoms with E-state index >= 15 is 0 Å². The fourth-order valence-electron chi connectivity index (χ4n) is 0.754. The lowest BCUT2D eigenvalue weighted by Crippen LogP contribution is -2.23. The van der Waals surface area contributed by atoms with Crippen LogP contribution in [0.3, 0.4) is 0 Å². The summed E-state index contributed by atoms with van der Waals surface area (Å²) < 4.78 is 4.73. The van der Waals surface area contributed by atoms with E-state index in [9.17, 15) is 4.79 Å². The molecule has 0 radical (unpaired) electrons. The highest BCUT2D eigenvalue weighted by Crippen LogP contribution is 2.04. The maximum Gasteiger partial charge on any atom is 0.290 e. The molecule has 64 valence electrons. The van der Waals surface area contributed by atoms with E-state index in [1.807, 2.05) is 0 Å². The number of hydrogen-bond donors (Lipinski definition) is 1. The minimum Gasteiger partial charge on any atom is -0.351 e. The van der Waals surface area contributed by atoms with Crippen LogP contribution < -0.4 is 5.32 Å². The number of aromatic nitrogens is 1. The van der Waals surface area contributed by atoms with E-state index in [4.69, 9.17) is 4.52 Å². The van der Waals surface area contributed by atoms with E-state index in [0.29, 0.717) is 6.54 Å². The molecule has 0 aromatic carbocycles. The normalized spacial score (nSPS) is 9.42. The van der Waals surface area contributed by atoms with Crippen molar-refractivity contribution in [1.29, 1.82) is 0 Å². The van der Waals surface area contributed by atoms with Crippen molar-refractivity contribution in [3.8, 4) is 0 Å². The average Bonchev–Trinajstić information content (AvgIpc) is 2.47. The average molecular weight is 166 g/mol. The minimum atomic E-state index is -0.259. The number of carbonyl (C=O) groups is 1. The van der Waals surface area contributed by atoms with Gasteiger partial charge >= 0.3 is 0 Å². The van der Waals surface area contributed by atoms with Crippen LogP contribution in [0.2, 0.25) is 0 Å². The van der Waals surface area contributed by atoms with Crippen molar-refractivity contribution in [2.45, 2.75) is 6.92 Å². The number of carbonyl (C=O) groups excluding carboxylic acids is 1. The van der Waals surface area contributed by atoms with Gasteiger partial charge in [0, 0.05) is 12.1 Å². The Hall–Kier alpha value is -1.58. The maximum absolute atomic E-state index is 11.2. The summed E-state index contributed by atoms with van der Waals surface area (Å²) in [6.45, 7) is 5.67. The van der Waals surface area contributed by atoms with Crippen molar-refractivity contribution in [2.24, 2.45) is 0 Å². The van der Waals surface area contributed by atoms with Gasteiger partial charge in [-0.1, -0.05) is 11.2 Å². The maximum atomic E-state index is 11.2. The van der Waals surface area contributed by atoms with Crippen LogP contribution in [-0.2, 0) is 0 Å². The molecule has 0 fully saturated rings. The van der Waals surface area contributed by atoms with Gasteiger partial charge in [0.1, 0.15) is 0 Å². The Balaban J connectivity index is 2.65.